The Morgan fingerprint density at radius 3 is 1.62 bits per heavy atom. The lowest BCUT2D eigenvalue weighted by atomic mass is 9.83. The van der Waals surface area contributed by atoms with Crippen molar-refractivity contribution >= 4 is 11.1 Å². The number of benzene rings is 2. The maximum absolute atomic E-state index is 6.47. The Hall–Kier alpha value is -1.86. The summed E-state index contributed by atoms with van der Waals surface area (Å²) < 4.78 is 0. The molecule has 0 bridgehead atoms. The lowest BCUT2D eigenvalue weighted by molar-refractivity contribution is 0.784. The highest BCUT2D eigenvalue weighted by atomic mass is 14.6. The molecule has 1 unspecified atom stereocenters. The van der Waals surface area contributed by atoms with Gasteiger partial charge in [0, 0.05) is 6.04 Å². The van der Waals surface area contributed by atoms with Gasteiger partial charge >= 0.3 is 0 Å². The summed E-state index contributed by atoms with van der Waals surface area (Å²) in [5, 5.41) is 0. The summed E-state index contributed by atoms with van der Waals surface area (Å²) >= 11 is 0. The van der Waals surface area contributed by atoms with E-state index in [9.17, 15) is 0 Å². The lowest BCUT2D eigenvalue weighted by Crippen LogP contribution is -2.22. The van der Waals surface area contributed by atoms with Gasteiger partial charge in [0.2, 0.25) is 0 Å². The molecule has 0 aliphatic carbocycles. The Bertz CT molecular complexity index is 582. The van der Waals surface area contributed by atoms with Crippen molar-refractivity contribution in [2.24, 2.45) is 11.7 Å². The molecule has 0 saturated carbocycles. The Kier molecular flexibility index (Phi) is 5.35. The maximum atomic E-state index is 6.47. The zero-order chi connectivity index (χ0) is 15.2. The van der Waals surface area contributed by atoms with Crippen molar-refractivity contribution in [2.45, 2.75) is 33.2 Å². The summed E-state index contributed by atoms with van der Waals surface area (Å²) in [6.07, 6.45) is 0.938. The molecule has 0 saturated heterocycles. The lowest BCUT2D eigenvalue weighted by Gasteiger charge is -2.23. The van der Waals surface area contributed by atoms with Gasteiger partial charge in [0.05, 0.1) is 0 Å². The minimum Gasteiger partial charge on any atom is -0.324 e. The largest absolute Gasteiger partial charge is 0.324 e. The second-order valence-corrected chi connectivity index (χ2v) is 5.73. The van der Waals surface area contributed by atoms with Gasteiger partial charge in [0.25, 0.3) is 0 Å². The van der Waals surface area contributed by atoms with E-state index >= 15 is 0 Å². The molecule has 2 rings (SSSR count). The van der Waals surface area contributed by atoms with Crippen LogP contribution in [0.15, 0.2) is 60.7 Å². The van der Waals surface area contributed by atoms with E-state index in [1.807, 2.05) is 0 Å². The van der Waals surface area contributed by atoms with Crippen LogP contribution < -0.4 is 5.73 Å². The molecule has 0 heterocycles. The number of hydrogen-bond acceptors (Lipinski definition) is 1. The van der Waals surface area contributed by atoms with Crippen LogP contribution in [0.2, 0.25) is 0 Å². The Balaban J connectivity index is 2.69. The minimum absolute atomic E-state index is 0.0602. The first-order valence-corrected chi connectivity index (χ1v) is 7.75. The fourth-order valence-corrected chi connectivity index (χ4v) is 2.81. The number of allylic oxidation sites excluding steroid dienone is 1. The van der Waals surface area contributed by atoms with Crippen molar-refractivity contribution in [3.05, 3.63) is 71.8 Å². The number of rotatable bonds is 5. The van der Waals surface area contributed by atoms with Crippen molar-refractivity contribution in [1.82, 2.24) is 0 Å². The molecule has 0 amide bonds. The van der Waals surface area contributed by atoms with Crippen molar-refractivity contribution in [2.75, 3.05) is 0 Å². The highest BCUT2D eigenvalue weighted by molar-refractivity contribution is 5.93. The molecule has 1 nitrogen and oxygen atoms in total. The van der Waals surface area contributed by atoms with Gasteiger partial charge in [-0.2, -0.15) is 0 Å². The van der Waals surface area contributed by atoms with E-state index < -0.39 is 0 Å². The molecule has 2 N–H and O–H groups in total. The molecular weight excluding hydrogens is 254 g/mol. The maximum Gasteiger partial charge on any atom is 0.0301 e. The van der Waals surface area contributed by atoms with E-state index in [4.69, 9.17) is 5.73 Å². The summed E-state index contributed by atoms with van der Waals surface area (Å²) in [5.41, 5.74) is 11.6. The van der Waals surface area contributed by atoms with Gasteiger partial charge in [0.1, 0.15) is 0 Å². The van der Waals surface area contributed by atoms with Crippen LogP contribution in [0.4, 0.5) is 0 Å². The SMILES string of the molecule is CCC(N)/C(=C(/c1ccccc1)C(C)C)c1ccccc1. The molecule has 1 heteroatoms. The molecule has 1 atom stereocenters. The monoisotopic (exact) mass is 279 g/mol. The second kappa shape index (κ2) is 7.24. The fourth-order valence-electron chi connectivity index (χ4n) is 2.81. The van der Waals surface area contributed by atoms with Gasteiger partial charge < -0.3 is 5.73 Å². The minimum atomic E-state index is 0.0602. The van der Waals surface area contributed by atoms with Crippen LogP contribution in [0.25, 0.3) is 11.1 Å². The third-order valence-corrected chi connectivity index (χ3v) is 3.85. The van der Waals surface area contributed by atoms with Crippen molar-refractivity contribution < 1.29 is 0 Å². The van der Waals surface area contributed by atoms with Crippen LogP contribution in [-0.4, -0.2) is 6.04 Å². The smallest absolute Gasteiger partial charge is 0.0301 e. The average Bonchev–Trinajstić information content (AvgIpc) is 2.53. The third kappa shape index (κ3) is 3.62. The first-order chi connectivity index (χ1) is 10.1. The summed E-state index contributed by atoms with van der Waals surface area (Å²) in [7, 11) is 0. The van der Waals surface area contributed by atoms with E-state index in [0.29, 0.717) is 5.92 Å². The van der Waals surface area contributed by atoms with Crippen LogP contribution in [0.3, 0.4) is 0 Å². The van der Waals surface area contributed by atoms with Crippen molar-refractivity contribution in [3.63, 3.8) is 0 Å². The molecular formula is C20H25N. The van der Waals surface area contributed by atoms with Gasteiger partial charge in [-0.05, 0) is 34.6 Å². The van der Waals surface area contributed by atoms with Gasteiger partial charge in [-0.1, -0.05) is 81.4 Å². The van der Waals surface area contributed by atoms with Crippen LogP contribution in [0.5, 0.6) is 0 Å². The van der Waals surface area contributed by atoms with Crippen LogP contribution >= 0.6 is 0 Å². The number of nitrogens with two attached hydrogens (primary N) is 1. The van der Waals surface area contributed by atoms with Crippen molar-refractivity contribution in [3.8, 4) is 0 Å². The summed E-state index contributed by atoms with van der Waals surface area (Å²) in [5.74, 6) is 0.431. The van der Waals surface area contributed by atoms with E-state index in [-0.39, 0.29) is 6.04 Å². The van der Waals surface area contributed by atoms with Crippen molar-refractivity contribution in [1.29, 1.82) is 0 Å². The van der Waals surface area contributed by atoms with Gasteiger partial charge in [-0.25, -0.2) is 0 Å². The van der Waals surface area contributed by atoms with E-state index in [0.717, 1.165) is 6.42 Å². The molecule has 2 aromatic rings. The predicted octanol–water partition coefficient (Wildman–Crippen LogP) is 4.99. The molecule has 0 aromatic heterocycles. The van der Waals surface area contributed by atoms with Crippen LogP contribution in [0, 0.1) is 5.92 Å². The molecule has 0 spiro atoms. The quantitative estimate of drug-likeness (QED) is 0.767. The molecule has 2 aromatic carbocycles. The van der Waals surface area contributed by atoms with Crippen LogP contribution in [-0.2, 0) is 0 Å². The summed E-state index contributed by atoms with van der Waals surface area (Å²) in [4.78, 5) is 0. The topological polar surface area (TPSA) is 26.0 Å². The molecule has 0 fully saturated rings. The van der Waals surface area contributed by atoms with Gasteiger partial charge in [-0.15, -0.1) is 0 Å². The predicted molar refractivity (Wildman–Crippen MR) is 92.8 cm³/mol. The number of hydrogen-bond donors (Lipinski definition) is 1. The molecule has 0 aliphatic heterocycles. The van der Waals surface area contributed by atoms with Crippen LogP contribution in [0.1, 0.15) is 38.3 Å². The molecule has 21 heavy (non-hydrogen) atoms. The molecule has 110 valence electrons. The highest BCUT2D eigenvalue weighted by Gasteiger charge is 2.19. The van der Waals surface area contributed by atoms with E-state index in [1.165, 1.54) is 22.3 Å². The highest BCUT2D eigenvalue weighted by Crippen LogP contribution is 2.34. The zero-order valence-electron chi connectivity index (χ0n) is 13.2. The summed E-state index contributed by atoms with van der Waals surface area (Å²) in [6, 6.07) is 21.2. The van der Waals surface area contributed by atoms with E-state index in [1.54, 1.807) is 0 Å². The standard InChI is InChI=1S/C20H25N/c1-4-18(21)20(17-13-9-6-10-14-17)19(15(2)3)16-11-7-5-8-12-16/h5-15,18H,4,21H2,1-3H3/b20-19+. The average molecular weight is 279 g/mol. The third-order valence-electron chi connectivity index (χ3n) is 3.85. The van der Waals surface area contributed by atoms with Gasteiger partial charge in [0.15, 0.2) is 0 Å². The first kappa shape index (κ1) is 15.5. The zero-order valence-corrected chi connectivity index (χ0v) is 13.2. The Morgan fingerprint density at radius 2 is 1.24 bits per heavy atom. The Morgan fingerprint density at radius 1 is 0.810 bits per heavy atom. The normalized spacial score (nSPS) is 14.0. The molecule has 0 aliphatic rings. The summed E-state index contributed by atoms with van der Waals surface area (Å²) in [6.45, 7) is 6.64. The van der Waals surface area contributed by atoms with Gasteiger partial charge in [-0.3, -0.25) is 0 Å². The van der Waals surface area contributed by atoms with E-state index in [2.05, 4.69) is 81.4 Å². The fraction of sp³-hybridized carbons (Fsp3) is 0.300. The first-order valence-electron chi connectivity index (χ1n) is 7.75. The second-order valence-electron chi connectivity index (χ2n) is 5.73. The Labute approximate surface area is 128 Å². The molecule has 0 radical (unpaired) electrons.